The Labute approximate surface area is 116 Å². The van der Waals surface area contributed by atoms with Crippen LogP contribution in [-0.2, 0) is 9.53 Å². The number of rotatable bonds is 7. The number of nitrogens with one attached hydrogen (secondary N) is 1. The Morgan fingerprint density at radius 2 is 2.05 bits per heavy atom. The van der Waals surface area contributed by atoms with Gasteiger partial charge in [0.05, 0.1) is 7.11 Å². The first kappa shape index (κ1) is 14.8. The number of likely N-dealkylation sites (N-methyl/N-ethyl adjacent to an activating group) is 1. The Hall–Kier alpha value is -0.610. The van der Waals surface area contributed by atoms with Gasteiger partial charge in [-0.3, -0.25) is 9.69 Å². The van der Waals surface area contributed by atoms with Crippen LogP contribution in [0.1, 0.15) is 52.4 Å². The Bertz CT molecular complexity index is 317. The smallest absolute Gasteiger partial charge is 0.326 e. The van der Waals surface area contributed by atoms with Gasteiger partial charge in [0.15, 0.2) is 0 Å². The van der Waals surface area contributed by atoms with Gasteiger partial charge in [-0.1, -0.05) is 13.8 Å². The van der Waals surface area contributed by atoms with Gasteiger partial charge in [0.2, 0.25) is 0 Å². The Morgan fingerprint density at radius 3 is 2.58 bits per heavy atom. The first-order chi connectivity index (χ1) is 9.16. The summed E-state index contributed by atoms with van der Waals surface area (Å²) in [5.41, 5.74) is -0.435. The summed E-state index contributed by atoms with van der Waals surface area (Å²) in [4.78, 5) is 14.8. The fraction of sp³-hybridized carbons (Fsp3) is 0.933. The van der Waals surface area contributed by atoms with Gasteiger partial charge in [0.25, 0.3) is 0 Å². The van der Waals surface area contributed by atoms with E-state index in [1.807, 2.05) is 0 Å². The molecule has 110 valence electrons. The highest BCUT2D eigenvalue weighted by molar-refractivity contribution is 5.81. The molecule has 2 fully saturated rings. The van der Waals surface area contributed by atoms with E-state index in [0.717, 1.165) is 31.8 Å². The van der Waals surface area contributed by atoms with Crippen LogP contribution >= 0.6 is 0 Å². The van der Waals surface area contributed by atoms with Crippen molar-refractivity contribution in [3.8, 4) is 0 Å². The third-order valence-corrected chi connectivity index (χ3v) is 4.55. The molecule has 0 radical (unpaired) electrons. The molecule has 2 aliphatic rings. The summed E-state index contributed by atoms with van der Waals surface area (Å²) < 4.78 is 5.03. The summed E-state index contributed by atoms with van der Waals surface area (Å²) in [6, 6.07) is 1.32. The van der Waals surface area contributed by atoms with E-state index in [1.54, 1.807) is 0 Å². The lowest BCUT2D eigenvalue weighted by Crippen LogP contribution is -2.52. The standard InChI is InChI=1S/C15H28N2O2/c1-4-10-17(12-6-7-12)13-8-9-15(11-13,16-5-2)14(18)19-3/h12-13,16H,4-11H2,1-3H3. The molecule has 0 spiro atoms. The van der Waals surface area contributed by atoms with Crippen molar-refractivity contribution in [1.82, 2.24) is 10.2 Å². The number of hydrogen-bond donors (Lipinski definition) is 1. The zero-order chi connectivity index (χ0) is 13.9. The summed E-state index contributed by atoms with van der Waals surface area (Å²) in [6.07, 6.45) is 6.79. The van der Waals surface area contributed by atoms with E-state index >= 15 is 0 Å². The van der Waals surface area contributed by atoms with Crippen molar-refractivity contribution < 1.29 is 9.53 Å². The predicted molar refractivity (Wildman–Crippen MR) is 76.1 cm³/mol. The molecule has 0 amide bonds. The van der Waals surface area contributed by atoms with Crippen LogP contribution < -0.4 is 5.32 Å². The third-order valence-electron chi connectivity index (χ3n) is 4.55. The van der Waals surface area contributed by atoms with Gasteiger partial charge in [0.1, 0.15) is 5.54 Å². The minimum atomic E-state index is -0.435. The molecule has 2 saturated carbocycles. The summed E-state index contributed by atoms with van der Waals surface area (Å²) >= 11 is 0. The van der Waals surface area contributed by atoms with Crippen LogP contribution in [-0.4, -0.2) is 48.7 Å². The van der Waals surface area contributed by atoms with Crippen LogP contribution in [0.3, 0.4) is 0 Å². The fourth-order valence-electron chi connectivity index (χ4n) is 3.58. The predicted octanol–water partition coefficient (Wildman–Crippen LogP) is 1.93. The molecule has 0 aromatic carbocycles. The average molecular weight is 268 g/mol. The molecule has 0 heterocycles. The van der Waals surface area contributed by atoms with E-state index in [1.165, 1.54) is 32.9 Å². The zero-order valence-electron chi connectivity index (χ0n) is 12.6. The highest BCUT2D eigenvalue weighted by Gasteiger charge is 2.48. The normalized spacial score (nSPS) is 30.8. The minimum absolute atomic E-state index is 0.0795. The molecule has 4 heteroatoms. The summed E-state index contributed by atoms with van der Waals surface area (Å²) in [5, 5.41) is 3.39. The third kappa shape index (κ3) is 3.11. The average Bonchev–Trinajstić information content (AvgIpc) is 3.16. The maximum atomic E-state index is 12.1. The van der Waals surface area contributed by atoms with Crippen molar-refractivity contribution in [2.24, 2.45) is 0 Å². The lowest BCUT2D eigenvalue weighted by atomic mass is 9.97. The number of hydrogen-bond acceptors (Lipinski definition) is 4. The van der Waals surface area contributed by atoms with Crippen LogP contribution in [0.15, 0.2) is 0 Å². The highest BCUT2D eigenvalue weighted by Crippen LogP contribution is 2.39. The molecule has 0 aliphatic heterocycles. The van der Waals surface area contributed by atoms with E-state index in [4.69, 9.17) is 4.74 Å². The maximum Gasteiger partial charge on any atom is 0.326 e. The lowest BCUT2D eigenvalue weighted by Gasteiger charge is -2.31. The van der Waals surface area contributed by atoms with Crippen LogP contribution in [0.5, 0.6) is 0 Å². The Kier molecular flexibility index (Phi) is 4.85. The summed E-state index contributed by atoms with van der Waals surface area (Å²) in [7, 11) is 1.50. The van der Waals surface area contributed by atoms with E-state index in [2.05, 4.69) is 24.1 Å². The SMILES string of the molecule is CCCN(C1CC1)C1CCC(NCC)(C(=O)OC)C1. The first-order valence-corrected chi connectivity index (χ1v) is 7.76. The van der Waals surface area contributed by atoms with Gasteiger partial charge >= 0.3 is 5.97 Å². The van der Waals surface area contributed by atoms with Crippen molar-refractivity contribution in [2.75, 3.05) is 20.2 Å². The number of methoxy groups -OCH3 is 1. The molecule has 1 N–H and O–H groups in total. The number of esters is 1. The van der Waals surface area contributed by atoms with Crippen LogP contribution in [0, 0.1) is 0 Å². The van der Waals surface area contributed by atoms with Gasteiger partial charge in [-0.15, -0.1) is 0 Å². The molecule has 2 rings (SSSR count). The van der Waals surface area contributed by atoms with Crippen molar-refractivity contribution in [3.05, 3.63) is 0 Å². The molecule has 0 saturated heterocycles. The number of nitrogens with zero attached hydrogens (tertiary/aromatic N) is 1. The molecule has 4 nitrogen and oxygen atoms in total. The van der Waals surface area contributed by atoms with Crippen molar-refractivity contribution in [1.29, 1.82) is 0 Å². The highest BCUT2D eigenvalue weighted by atomic mass is 16.5. The maximum absolute atomic E-state index is 12.1. The Balaban J connectivity index is 2.04. The fourth-order valence-corrected chi connectivity index (χ4v) is 3.58. The molecule has 0 bridgehead atoms. The summed E-state index contributed by atoms with van der Waals surface area (Å²) in [5.74, 6) is -0.0795. The molecule has 19 heavy (non-hydrogen) atoms. The molecular formula is C15H28N2O2. The van der Waals surface area contributed by atoms with Crippen molar-refractivity contribution in [2.45, 2.75) is 70.0 Å². The molecular weight excluding hydrogens is 240 g/mol. The molecule has 2 atom stereocenters. The topological polar surface area (TPSA) is 41.6 Å². The van der Waals surface area contributed by atoms with E-state index in [-0.39, 0.29) is 5.97 Å². The number of ether oxygens (including phenoxy) is 1. The zero-order valence-corrected chi connectivity index (χ0v) is 12.6. The second-order valence-electron chi connectivity index (χ2n) is 5.97. The van der Waals surface area contributed by atoms with Gasteiger partial charge in [-0.2, -0.15) is 0 Å². The largest absolute Gasteiger partial charge is 0.468 e. The molecule has 2 aliphatic carbocycles. The van der Waals surface area contributed by atoms with Gasteiger partial charge < -0.3 is 10.1 Å². The van der Waals surface area contributed by atoms with Crippen molar-refractivity contribution in [3.63, 3.8) is 0 Å². The number of carbonyl (C=O) groups excluding carboxylic acids is 1. The van der Waals surface area contributed by atoms with E-state index < -0.39 is 5.54 Å². The quantitative estimate of drug-likeness (QED) is 0.716. The van der Waals surface area contributed by atoms with Gasteiger partial charge in [0, 0.05) is 12.1 Å². The van der Waals surface area contributed by atoms with Crippen LogP contribution in [0.2, 0.25) is 0 Å². The number of carbonyl (C=O) groups is 1. The van der Waals surface area contributed by atoms with Gasteiger partial charge in [-0.25, -0.2) is 0 Å². The monoisotopic (exact) mass is 268 g/mol. The van der Waals surface area contributed by atoms with E-state index in [0.29, 0.717) is 6.04 Å². The lowest BCUT2D eigenvalue weighted by molar-refractivity contribution is -0.148. The minimum Gasteiger partial charge on any atom is -0.468 e. The summed E-state index contributed by atoms with van der Waals surface area (Å²) in [6.45, 7) is 6.28. The molecule has 0 aromatic rings. The van der Waals surface area contributed by atoms with Crippen LogP contribution in [0.4, 0.5) is 0 Å². The Morgan fingerprint density at radius 1 is 1.32 bits per heavy atom. The van der Waals surface area contributed by atoms with Gasteiger partial charge in [-0.05, 0) is 51.6 Å². The second kappa shape index (κ2) is 6.23. The molecule has 2 unspecified atom stereocenters. The van der Waals surface area contributed by atoms with E-state index in [9.17, 15) is 4.79 Å². The second-order valence-corrected chi connectivity index (χ2v) is 5.97. The van der Waals surface area contributed by atoms with Crippen LogP contribution in [0.25, 0.3) is 0 Å². The molecule has 0 aromatic heterocycles. The van der Waals surface area contributed by atoms with Crippen molar-refractivity contribution >= 4 is 5.97 Å². The first-order valence-electron chi connectivity index (χ1n) is 7.76.